The number of hydrogen-bond acceptors (Lipinski definition) is 8. The van der Waals surface area contributed by atoms with Gasteiger partial charge in [0.15, 0.2) is 22.8 Å². The summed E-state index contributed by atoms with van der Waals surface area (Å²) in [5, 5.41) is 0. The lowest BCUT2D eigenvalue weighted by Crippen LogP contribution is -2.41. The molecule has 3 aliphatic rings. The van der Waals surface area contributed by atoms with Crippen LogP contribution in [-0.4, -0.2) is 54.6 Å². The van der Waals surface area contributed by atoms with E-state index in [9.17, 15) is 8.78 Å². The number of imidazole rings is 1. The molecule has 1 aliphatic carbocycles. The molecule has 5 heterocycles. The molecule has 31 heavy (non-hydrogen) atoms. The minimum atomic E-state index is -2.62. The second kappa shape index (κ2) is 6.06. The van der Waals surface area contributed by atoms with E-state index in [4.69, 9.17) is 25.4 Å². The minimum Gasteiger partial charge on any atom is -0.368 e. The number of nitrogens with zero attached hydrogens (tertiary/aromatic N) is 7. The summed E-state index contributed by atoms with van der Waals surface area (Å²) in [6.07, 6.45) is 3.43. The van der Waals surface area contributed by atoms with Gasteiger partial charge in [-0.2, -0.15) is 0 Å². The fourth-order valence-corrected chi connectivity index (χ4v) is 5.05. The third kappa shape index (κ3) is 2.72. The molecule has 0 amide bonds. The Kier molecular flexibility index (Phi) is 3.67. The Bertz CT molecular complexity index is 1190. The largest absolute Gasteiger partial charge is 0.368 e. The van der Waals surface area contributed by atoms with Crippen LogP contribution < -0.4 is 10.6 Å². The van der Waals surface area contributed by atoms with Gasteiger partial charge in [-0.3, -0.25) is 0 Å². The molecule has 0 radical (unpaired) electrons. The number of rotatable bonds is 2. The Balaban J connectivity index is 1.56. The van der Waals surface area contributed by atoms with E-state index in [1.165, 1.54) is 0 Å². The molecule has 2 fully saturated rings. The zero-order chi connectivity index (χ0) is 21.5. The topological polar surface area (TPSA) is 108 Å². The molecule has 2 aliphatic heterocycles. The molecule has 2 atom stereocenters. The molecule has 2 N–H and O–H groups in total. The summed E-state index contributed by atoms with van der Waals surface area (Å²) in [5.41, 5.74) is 6.93. The minimum absolute atomic E-state index is 0.157. The van der Waals surface area contributed by atoms with Crippen LogP contribution in [0.3, 0.4) is 0 Å². The molecule has 0 aromatic carbocycles. The van der Waals surface area contributed by atoms with Crippen LogP contribution in [0.4, 0.5) is 20.5 Å². The molecule has 2 unspecified atom stereocenters. The molecule has 3 aromatic rings. The van der Waals surface area contributed by atoms with Crippen LogP contribution >= 0.6 is 0 Å². The lowest BCUT2D eigenvalue weighted by atomic mass is 10.1. The maximum atomic E-state index is 14.2. The highest BCUT2D eigenvalue weighted by Gasteiger charge is 2.56. The van der Waals surface area contributed by atoms with Gasteiger partial charge in [-0.25, -0.2) is 33.7 Å². The SMILES string of the molecule is CC1(C)OCCn2c1nc1c(N3CC4CC3CC4(F)F)nc(-c3cnc(N)nc3)nc12. The molecular weight excluding hydrogens is 406 g/mol. The standard InChI is InChI=1S/C20H22F2N8O/c1-19(2)17-26-13-15(29(17)3-4-31-19)27-14(10-7-24-18(23)25-8-10)28-16(13)30-9-11-5-12(30)6-20(11,21)22/h7-8,11-12H,3-6,9H2,1-2H3,(H2,23,24,25). The maximum absolute atomic E-state index is 14.2. The van der Waals surface area contributed by atoms with Crippen molar-refractivity contribution in [1.82, 2.24) is 29.5 Å². The summed E-state index contributed by atoms with van der Waals surface area (Å²) in [7, 11) is 0. The van der Waals surface area contributed by atoms with E-state index >= 15 is 0 Å². The molecule has 2 bridgehead atoms. The summed E-state index contributed by atoms with van der Waals surface area (Å²) in [5.74, 6) is -1.37. The summed E-state index contributed by atoms with van der Waals surface area (Å²) >= 11 is 0. The van der Waals surface area contributed by atoms with Crippen LogP contribution in [0.2, 0.25) is 0 Å². The number of hydrogen-bond donors (Lipinski definition) is 1. The Morgan fingerprint density at radius 2 is 1.94 bits per heavy atom. The van der Waals surface area contributed by atoms with Crippen molar-refractivity contribution in [3.05, 3.63) is 18.2 Å². The first-order valence-corrected chi connectivity index (χ1v) is 10.4. The van der Waals surface area contributed by atoms with Crippen LogP contribution in [-0.2, 0) is 16.9 Å². The lowest BCUT2D eigenvalue weighted by molar-refractivity contribution is -0.0530. The summed E-state index contributed by atoms with van der Waals surface area (Å²) < 4.78 is 36.3. The summed E-state index contributed by atoms with van der Waals surface area (Å²) in [6, 6.07) is -0.267. The Hall–Kier alpha value is -2.95. The highest BCUT2D eigenvalue weighted by Crippen LogP contribution is 2.50. The van der Waals surface area contributed by atoms with Gasteiger partial charge < -0.3 is 19.9 Å². The van der Waals surface area contributed by atoms with Crippen LogP contribution in [0.15, 0.2) is 12.4 Å². The predicted molar refractivity (Wildman–Crippen MR) is 109 cm³/mol. The Morgan fingerprint density at radius 1 is 1.16 bits per heavy atom. The zero-order valence-electron chi connectivity index (χ0n) is 17.2. The molecule has 162 valence electrons. The smallest absolute Gasteiger partial charge is 0.254 e. The van der Waals surface area contributed by atoms with Gasteiger partial charge >= 0.3 is 0 Å². The van der Waals surface area contributed by atoms with Gasteiger partial charge in [0.25, 0.3) is 5.92 Å². The van der Waals surface area contributed by atoms with E-state index in [0.717, 1.165) is 5.82 Å². The van der Waals surface area contributed by atoms with Gasteiger partial charge in [-0.15, -0.1) is 0 Å². The van der Waals surface area contributed by atoms with Gasteiger partial charge in [-0.05, 0) is 20.3 Å². The van der Waals surface area contributed by atoms with E-state index in [1.807, 2.05) is 23.3 Å². The average Bonchev–Trinajstić information content (AvgIpc) is 3.38. The van der Waals surface area contributed by atoms with Crippen LogP contribution in [0, 0.1) is 5.92 Å². The Morgan fingerprint density at radius 3 is 2.61 bits per heavy atom. The number of ether oxygens (including phenoxy) is 1. The highest BCUT2D eigenvalue weighted by molar-refractivity contribution is 5.87. The number of aromatic nitrogens is 6. The fraction of sp³-hybridized carbons (Fsp3) is 0.550. The van der Waals surface area contributed by atoms with Crippen molar-refractivity contribution >= 4 is 22.9 Å². The molecule has 9 nitrogen and oxygen atoms in total. The number of alkyl halides is 2. The van der Waals surface area contributed by atoms with Crippen molar-refractivity contribution in [2.45, 2.75) is 50.8 Å². The van der Waals surface area contributed by atoms with Gasteiger partial charge in [0.2, 0.25) is 5.95 Å². The second-order valence-electron chi connectivity index (χ2n) is 9.02. The van der Waals surface area contributed by atoms with E-state index < -0.39 is 17.4 Å². The average molecular weight is 428 g/mol. The third-order valence-electron chi connectivity index (χ3n) is 6.61. The van der Waals surface area contributed by atoms with Crippen molar-refractivity contribution in [1.29, 1.82) is 0 Å². The van der Waals surface area contributed by atoms with E-state index in [0.29, 0.717) is 47.9 Å². The normalized spacial score (nSPS) is 25.9. The van der Waals surface area contributed by atoms with Crippen LogP contribution in [0.1, 0.15) is 32.5 Å². The molecule has 1 saturated heterocycles. The van der Waals surface area contributed by atoms with Crippen molar-refractivity contribution in [3.8, 4) is 11.4 Å². The monoisotopic (exact) mass is 428 g/mol. The number of piperidine rings is 1. The first-order valence-electron chi connectivity index (χ1n) is 10.4. The molecule has 3 aromatic heterocycles. The van der Waals surface area contributed by atoms with E-state index in [-0.39, 0.29) is 25.0 Å². The molecular formula is C20H22F2N8O. The lowest BCUT2D eigenvalue weighted by Gasteiger charge is -2.32. The maximum Gasteiger partial charge on any atom is 0.254 e. The van der Waals surface area contributed by atoms with Crippen molar-refractivity contribution in [3.63, 3.8) is 0 Å². The van der Waals surface area contributed by atoms with Gasteiger partial charge in [0, 0.05) is 43.9 Å². The summed E-state index contributed by atoms with van der Waals surface area (Å²) in [4.78, 5) is 24.5. The first kappa shape index (κ1) is 18.8. The Labute approximate surface area is 176 Å². The van der Waals surface area contributed by atoms with E-state index in [2.05, 4.69) is 9.97 Å². The summed E-state index contributed by atoms with van der Waals surface area (Å²) in [6.45, 7) is 5.32. The van der Waals surface area contributed by atoms with Crippen LogP contribution in [0.25, 0.3) is 22.6 Å². The molecule has 1 saturated carbocycles. The van der Waals surface area contributed by atoms with Crippen LogP contribution in [0.5, 0.6) is 0 Å². The molecule has 6 rings (SSSR count). The second-order valence-corrected chi connectivity index (χ2v) is 9.02. The van der Waals surface area contributed by atoms with Crippen molar-refractivity contribution in [2.24, 2.45) is 5.92 Å². The number of nitrogen functional groups attached to an aromatic ring is 1. The molecule has 0 spiro atoms. The van der Waals surface area contributed by atoms with Gasteiger partial charge in [0.1, 0.15) is 11.4 Å². The fourth-order valence-electron chi connectivity index (χ4n) is 5.05. The number of nitrogens with two attached hydrogens (primary N) is 1. The van der Waals surface area contributed by atoms with E-state index in [1.54, 1.807) is 12.4 Å². The van der Waals surface area contributed by atoms with Crippen molar-refractivity contribution in [2.75, 3.05) is 23.8 Å². The highest BCUT2D eigenvalue weighted by atomic mass is 19.3. The van der Waals surface area contributed by atoms with Crippen molar-refractivity contribution < 1.29 is 13.5 Å². The number of anilines is 2. The van der Waals surface area contributed by atoms with Gasteiger partial charge in [-0.1, -0.05) is 0 Å². The number of fused-ring (bicyclic) bond motifs is 5. The molecule has 11 heteroatoms. The first-order chi connectivity index (χ1) is 14.7. The van der Waals surface area contributed by atoms with Gasteiger partial charge in [0.05, 0.1) is 12.2 Å². The zero-order valence-corrected chi connectivity index (χ0v) is 17.2. The third-order valence-corrected chi connectivity index (χ3v) is 6.61. The quantitative estimate of drug-likeness (QED) is 0.663. The predicted octanol–water partition coefficient (Wildman–Crippen LogP) is 2.36. The number of halogens is 2.